The van der Waals surface area contributed by atoms with Crippen molar-refractivity contribution in [3.05, 3.63) is 35.9 Å². The van der Waals surface area contributed by atoms with Crippen molar-refractivity contribution in [3.63, 3.8) is 0 Å². The van der Waals surface area contributed by atoms with Gasteiger partial charge in [0.05, 0.1) is 0 Å². The lowest BCUT2D eigenvalue weighted by Gasteiger charge is -2.40. The SMILES string of the molecule is CC1CCCCN1CC1CCCN(C(=O)C(N)c2ccccc2)C1. The third kappa shape index (κ3) is 4.17. The summed E-state index contributed by atoms with van der Waals surface area (Å²) in [4.78, 5) is 17.4. The second-order valence-electron chi connectivity index (χ2n) is 7.52. The fourth-order valence-corrected chi connectivity index (χ4v) is 4.17. The zero-order chi connectivity index (χ0) is 16.9. The second kappa shape index (κ2) is 8.13. The Hall–Kier alpha value is -1.39. The van der Waals surface area contributed by atoms with Gasteiger partial charge in [-0.25, -0.2) is 0 Å². The molecule has 4 heteroatoms. The van der Waals surface area contributed by atoms with Crippen LogP contribution in [0.15, 0.2) is 30.3 Å². The van der Waals surface area contributed by atoms with Crippen LogP contribution in [0.3, 0.4) is 0 Å². The lowest BCUT2D eigenvalue weighted by molar-refractivity contribution is -0.134. The van der Waals surface area contributed by atoms with E-state index in [1.165, 1.54) is 32.2 Å². The van der Waals surface area contributed by atoms with Gasteiger partial charge in [0, 0.05) is 25.7 Å². The first-order chi connectivity index (χ1) is 11.6. The third-order valence-corrected chi connectivity index (χ3v) is 5.69. The highest BCUT2D eigenvalue weighted by Gasteiger charge is 2.30. The Kier molecular flexibility index (Phi) is 5.90. The van der Waals surface area contributed by atoms with Gasteiger partial charge in [-0.05, 0) is 50.6 Å². The molecule has 0 bridgehead atoms. The molecule has 0 aromatic heterocycles. The molecule has 2 N–H and O–H groups in total. The molecule has 3 atom stereocenters. The summed E-state index contributed by atoms with van der Waals surface area (Å²) in [6.07, 6.45) is 6.32. The largest absolute Gasteiger partial charge is 0.341 e. The van der Waals surface area contributed by atoms with Gasteiger partial charge in [-0.3, -0.25) is 4.79 Å². The van der Waals surface area contributed by atoms with E-state index in [0.29, 0.717) is 12.0 Å². The molecule has 1 aromatic carbocycles. The molecule has 0 aliphatic carbocycles. The number of piperidine rings is 2. The number of nitrogens with two attached hydrogens (primary N) is 1. The van der Waals surface area contributed by atoms with Gasteiger partial charge in [0.25, 0.3) is 0 Å². The third-order valence-electron chi connectivity index (χ3n) is 5.69. The zero-order valence-electron chi connectivity index (χ0n) is 14.9. The first-order valence-electron chi connectivity index (χ1n) is 9.48. The molecule has 2 heterocycles. The van der Waals surface area contributed by atoms with Crippen molar-refractivity contribution in [2.24, 2.45) is 11.7 Å². The highest BCUT2D eigenvalue weighted by Crippen LogP contribution is 2.24. The molecule has 0 saturated carbocycles. The van der Waals surface area contributed by atoms with E-state index in [1.807, 2.05) is 35.2 Å². The number of amides is 1. The predicted molar refractivity (Wildman–Crippen MR) is 97.6 cm³/mol. The van der Waals surface area contributed by atoms with Crippen molar-refractivity contribution in [2.45, 2.75) is 51.1 Å². The van der Waals surface area contributed by atoms with E-state index in [0.717, 1.165) is 31.6 Å². The number of carbonyl (C=O) groups excluding carboxylic acids is 1. The predicted octanol–water partition coefficient (Wildman–Crippen LogP) is 2.80. The summed E-state index contributed by atoms with van der Waals surface area (Å²) in [5, 5.41) is 0. The average molecular weight is 329 g/mol. The first kappa shape index (κ1) is 17.4. The lowest BCUT2D eigenvalue weighted by Crippen LogP contribution is -2.48. The summed E-state index contributed by atoms with van der Waals surface area (Å²) in [7, 11) is 0. The van der Waals surface area contributed by atoms with Crippen molar-refractivity contribution in [3.8, 4) is 0 Å². The summed E-state index contributed by atoms with van der Waals surface area (Å²) < 4.78 is 0. The molecule has 2 aliphatic heterocycles. The standard InChI is InChI=1S/C20H31N3O/c1-16-8-5-6-12-22(16)14-17-9-7-13-23(15-17)20(24)19(21)18-10-3-2-4-11-18/h2-4,10-11,16-17,19H,5-9,12-15,21H2,1H3. The van der Waals surface area contributed by atoms with Gasteiger partial charge in [-0.2, -0.15) is 0 Å². The Labute approximate surface area is 146 Å². The van der Waals surface area contributed by atoms with E-state index >= 15 is 0 Å². The zero-order valence-corrected chi connectivity index (χ0v) is 14.9. The molecule has 2 fully saturated rings. The smallest absolute Gasteiger partial charge is 0.244 e. The van der Waals surface area contributed by atoms with Crippen LogP contribution in [0.4, 0.5) is 0 Å². The van der Waals surface area contributed by atoms with Gasteiger partial charge in [0.2, 0.25) is 5.91 Å². The average Bonchev–Trinajstić information content (AvgIpc) is 2.63. The molecule has 3 rings (SSSR count). The van der Waals surface area contributed by atoms with Crippen LogP contribution in [0.5, 0.6) is 0 Å². The maximum atomic E-state index is 12.8. The van der Waals surface area contributed by atoms with Gasteiger partial charge < -0.3 is 15.5 Å². The van der Waals surface area contributed by atoms with Gasteiger partial charge in [0.15, 0.2) is 0 Å². The quantitative estimate of drug-likeness (QED) is 0.924. The molecular formula is C20H31N3O. The second-order valence-corrected chi connectivity index (χ2v) is 7.52. The van der Waals surface area contributed by atoms with Crippen LogP contribution in [0.1, 0.15) is 50.6 Å². The lowest BCUT2D eigenvalue weighted by atomic mass is 9.94. The Morgan fingerprint density at radius 3 is 2.71 bits per heavy atom. The number of hydrogen-bond donors (Lipinski definition) is 1. The number of benzene rings is 1. The molecule has 1 amide bonds. The summed E-state index contributed by atoms with van der Waals surface area (Å²) in [6.45, 7) is 6.41. The normalized spacial score (nSPS) is 27.0. The van der Waals surface area contributed by atoms with E-state index in [2.05, 4.69) is 11.8 Å². The molecule has 24 heavy (non-hydrogen) atoms. The molecule has 2 saturated heterocycles. The monoisotopic (exact) mass is 329 g/mol. The number of rotatable bonds is 4. The number of carbonyl (C=O) groups is 1. The van der Waals surface area contributed by atoms with Crippen molar-refractivity contribution >= 4 is 5.91 Å². The fourth-order valence-electron chi connectivity index (χ4n) is 4.17. The Balaban J connectivity index is 1.57. The van der Waals surface area contributed by atoms with Crippen LogP contribution in [-0.2, 0) is 4.79 Å². The summed E-state index contributed by atoms with van der Waals surface area (Å²) in [5.41, 5.74) is 7.13. The van der Waals surface area contributed by atoms with E-state index in [-0.39, 0.29) is 5.91 Å². The minimum atomic E-state index is -0.529. The molecule has 132 valence electrons. The highest BCUT2D eigenvalue weighted by atomic mass is 16.2. The van der Waals surface area contributed by atoms with Crippen molar-refractivity contribution in [1.82, 2.24) is 9.80 Å². The van der Waals surface area contributed by atoms with Crippen LogP contribution in [-0.4, -0.2) is 47.9 Å². The molecule has 3 unspecified atom stereocenters. The molecule has 0 spiro atoms. The van der Waals surface area contributed by atoms with Crippen molar-refractivity contribution in [1.29, 1.82) is 0 Å². The topological polar surface area (TPSA) is 49.6 Å². The van der Waals surface area contributed by atoms with E-state index in [9.17, 15) is 4.79 Å². The van der Waals surface area contributed by atoms with E-state index in [4.69, 9.17) is 5.73 Å². The van der Waals surface area contributed by atoms with E-state index < -0.39 is 6.04 Å². The molecule has 1 aromatic rings. The van der Waals surface area contributed by atoms with E-state index in [1.54, 1.807) is 0 Å². The number of nitrogens with zero attached hydrogens (tertiary/aromatic N) is 2. The minimum absolute atomic E-state index is 0.0811. The summed E-state index contributed by atoms with van der Waals surface area (Å²) in [5.74, 6) is 0.670. The Bertz CT molecular complexity index is 533. The van der Waals surface area contributed by atoms with Crippen LogP contribution in [0, 0.1) is 5.92 Å². The molecule has 4 nitrogen and oxygen atoms in total. The van der Waals surface area contributed by atoms with Crippen molar-refractivity contribution < 1.29 is 4.79 Å². The minimum Gasteiger partial charge on any atom is -0.341 e. The number of likely N-dealkylation sites (tertiary alicyclic amines) is 2. The van der Waals surface area contributed by atoms with Crippen LogP contribution < -0.4 is 5.73 Å². The Morgan fingerprint density at radius 1 is 1.17 bits per heavy atom. The van der Waals surface area contributed by atoms with Gasteiger partial charge in [-0.1, -0.05) is 36.8 Å². The maximum absolute atomic E-state index is 12.8. The summed E-state index contributed by atoms with van der Waals surface area (Å²) in [6, 6.07) is 9.89. The molecular weight excluding hydrogens is 298 g/mol. The molecule has 0 radical (unpaired) electrons. The van der Waals surface area contributed by atoms with Crippen LogP contribution in [0.2, 0.25) is 0 Å². The van der Waals surface area contributed by atoms with Gasteiger partial charge in [-0.15, -0.1) is 0 Å². The fraction of sp³-hybridized carbons (Fsp3) is 0.650. The van der Waals surface area contributed by atoms with Crippen LogP contribution in [0.25, 0.3) is 0 Å². The van der Waals surface area contributed by atoms with Gasteiger partial charge >= 0.3 is 0 Å². The number of hydrogen-bond acceptors (Lipinski definition) is 3. The highest BCUT2D eigenvalue weighted by molar-refractivity contribution is 5.83. The molecule has 2 aliphatic rings. The summed E-state index contributed by atoms with van der Waals surface area (Å²) >= 11 is 0. The van der Waals surface area contributed by atoms with Gasteiger partial charge in [0.1, 0.15) is 6.04 Å². The Morgan fingerprint density at radius 2 is 1.96 bits per heavy atom. The maximum Gasteiger partial charge on any atom is 0.244 e. The van der Waals surface area contributed by atoms with Crippen LogP contribution >= 0.6 is 0 Å². The first-order valence-corrected chi connectivity index (χ1v) is 9.48. The van der Waals surface area contributed by atoms with Crippen molar-refractivity contribution in [2.75, 3.05) is 26.2 Å².